The van der Waals surface area contributed by atoms with Gasteiger partial charge in [0, 0.05) is 55.1 Å². The van der Waals surface area contributed by atoms with E-state index in [1.54, 1.807) is 12.1 Å². The van der Waals surface area contributed by atoms with E-state index in [2.05, 4.69) is 20.2 Å². The molecule has 290 valence electrons. The van der Waals surface area contributed by atoms with Gasteiger partial charge in [0.25, 0.3) is 0 Å². The van der Waals surface area contributed by atoms with E-state index in [1.165, 1.54) is 25.7 Å². The zero-order chi connectivity index (χ0) is 35.8. The Bertz CT molecular complexity index is 2000. The van der Waals surface area contributed by atoms with Crippen LogP contribution in [0.15, 0.2) is 47.3 Å². The molecule has 10 heteroatoms. The van der Waals surface area contributed by atoms with Crippen LogP contribution in [-0.4, -0.2) is 117 Å². The van der Waals surface area contributed by atoms with Gasteiger partial charge in [-0.1, -0.05) is 12.1 Å². The van der Waals surface area contributed by atoms with Crippen LogP contribution in [0, 0.1) is 32.1 Å². The van der Waals surface area contributed by atoms with Gasteiger partial charge in [-0.2, -0.15) is 0 Å². The number of phenols is 1. The van der Waals surface area contributed by atoms with E-state index in [0.717, 1.165) is 82.1 Å². The maximum absolute atomic E-state index is 12.8. The van der Waals surface area contributed by atoms with Gasteiger partial charge >= 0.3 is 0 Å². The molecule has 4 saturated carbocycles. The highest BCUT2D eigenvalue weighted by Gasteiger charge is 2.78. The van der Waals surface area contributed by atoms with Crippen LogP contribution in [0.1, 0.15) is 75.3 Å². The third-order valence-electron chi connectivity index (χ3n) is 16.3. The number of carbonyl (C=O) groups excluding carboxylic acids is 3. The van der Waals surface area contributed by atoms with E-state index in [4.69, 9.17) is 9.47 Å². The highest BCUT2D eigenvalue weighted by atomic mass is 16.5. The molecular weight excluding hydrogens is 684 g/mol. The molecule has 2 saturated heterocycles. The van der Waals surface area contributed by atoms with Gasteiger partial charge < -0.3 is 48.6 Å². The van der Waals surface area contributed by atoms with Crippen molar-refractivity contribution in [3.63, 3.8) is 0 Å². The molecule has 11 aliphatic rings. The van der Waals surface area contributed by atoms with Crippen LogP contribution in [0.2, 0.25) is 0 Å². The maximum atomic E-state index is 12.8. The SMILES string of the molecule is C[N+]1(CC2CC2)CC[C@]23C4=C5O[C@H]2C(=O)CC[C@@]3(O)[C@H]1C=C4C=CC5=O.C[N+]1(CC2CC2)CC[C@]23c4c5ccc(O)c4O[C@H]2C(=O)CC[C@@]3(O)[C@H]1C5.[CH3-].[CH3-]. The number of quaternary nitrogens is 2. The van der Waals surface area contributed by atoms with E-state index in [0.29, 0.717) is 43.6 Å². The topological polar surface area (TPSA) is 130 Å². The van der Waals surface area contributed by atoms with Gasteiger partial charge in [-0.25, -0.2) is 0 Å². The number of phenolic OH excluding ortho intramolecular Hbond substituents is 1. The molecule has 54 heavy (non-hydrogen) atoms. The van der Waals surface area contributed by atoms with Crippen molar-refractivity contribution in [2.45, 2.75) is 112 Å². The van der Waals surface area contributed by atoms with Gasteiger partial charge in [0.1, 0.15) is 23.3 Å². The largest absolute Gasteiger partial charge is 0.504 e. The van der Waals surface area contributed by atoms with E-state index >= 15 is 0 Å². The number of hydrogen-bond donors (Lipinski definition) is 3. The molecule has 4 aliphatic heterocycles. The molecule has 1 aromatic rings. The summed E-state index contributed by atoms with van der Waals surface area (Å²) in [6.45, 7) is 4.09. The second-order valence-corrected chi connectivity index (χ2v) is 19.0. The number of aromatic hydroxyl groups is 1. The van der Waals surface area contributed by atoms with Gasteiger partial charge in [0.05, 0.1) is 51.1 Å². The zero-order valence-electron chi connectivity index (χ0n) is 32.2. The first-order chi connectivity index (χ1) is 24.8. The monoisotopic (exact) mass is 740 g/mol. The summed E-state index contributed by atoms with van der Waals surface area (Å²) in [5.74, 6) is 2.36. The highest BCUT2D eigenvalue weighted by Crippen LogP contribution is 2.68. The molecule has 0 aromatic heterocycles. The van der Waals surface area contributed by atoms with Crippen molar-refractivity contribution in [1.82, 2.24) is 0 Å². The van der Waals surface area contributed by atoms with Crippen LogP contribution in [0.3, 0.4) is 0 Å². The number of ketones is 3. The van der Waals surface area contributed by atoms with Crippen LogP contribution in [0.4, 0.5) is 0 Å². The smallest absolute Gasteiger partial charge is 0.220 e. The minimum atomic E-state index is -1.01. The summed E-state index contributed by atoms with van der Waals surface area (Å²) in [6, 6.07) is 3.73. The first kappa shape index (κ1) is 36.3. The predicted molar refractivity (Wildman–Crippen MR) is 200 cm³/mol. The lowest BCUT2D eigenvalue weighted by Crippen LogP contribution is -2.80. The quantitative estimate of drug-likeness (QED) is 0.312. The van der Waals surface area contributed by atoms with E-state index < -0.39 is 34.2 Å². The summed E-state index contributed by atoms with van der Waals surface area (Å²) >= 11 is 0. The Kier molecular flexibility index (Phi) is 7.52. The molecule has 0 radical (unpaired) electrons. The summed E-state index contributed by atoms with van der Waals surface area (Å²) in [5, 5.41) is 34.7. The highest BCUT2D eigenvalue weighted by molar-refractivity contribution is 6.08. The molecule has 3 N–H and O–H groups in total. The number of likely N-dealkylation sites (N-methyl/N-ethyl adjacent to an activating group) is 2. The number of likely N-dealkylation sites (tertiary alicyclic amines) is 2. The standard InChI is InChI=1S/C21H25NO4.C21H24NO4.2CH3/c2*1-22(11-12-2-3-12)9-8-20-17-13-4-5-14(23)18(17)26-19(20)15(24)6-7-21(20,25)16(22)10-13;;/h4-5,12,16,19,25H,2-3,6-11H2,1H3;4-5,10,12,16,19,25H,2-3,6-9,11H2,1H3;2*1H3/q;+1;2*-1/p+1/t2*16-,19+,20+,21-,22?;;/m11../s1. The first-order valence-electron chi connectivity index (χ1n) is 19.8. The minimum absolute atomic E-state index is 0. The van der Waals surface area contributed by atoms with Gasteiger partial charge in [-0.15, -0.1) is 0 Å². The molecular formula is C44H56N2O8. The molecule has 2 spiro atoms. The van der Waals surface area contributed by atoms with E-state index in [1.807, 2.05) is 12.1 Å². The van der Waals surface area contributed by atoms with Gasteiger partial charge in [-0.05, 0) is 67.9 Å². The second-order valence-electron chi connectivity index (χ2n) is 19.0. The summed E-state index contributed by atoms with van der Waals surface area (Å²) < 4.78 is 13.8. The van der Waals surface area contributed by atoms with Crippen LogP contribution in [-0.2, 0) is 31.0 Å². The number of allylic oxidation sites excluding steroid dienone is 3. The van der Waals surface area contributed by atoms with Crippen molar-refractivity contribution < 1.29 is 48.1 Å². The van der Waals surface area contributed by atoms with E-state index in [9.17, 15) is 29.7 Å². The summed E-state index contributed by atoms with van der Waals surface area (Å²) in [4.78, 5) is 38.0. The molecule has 2 unspecified atom stereocenters. The molecule has 7 aliphatic carbocycles. The van der Waals surface area contributed by atoms with Crippen LogP contribution >= 0.6 is 0 Å². The van der Waals surface area contributed by atoms with E-state index in [-0.39, 0.29) is 50.0 Å². The Hall–Kier alpha value is -3.31. The lowest BCUT2D eigenvalue weighted by atomic mass is 9.48. The Labute approximate surface area is 318 Å². The molecule has 6 fully saturated rings. The van der Waals surface area contributed by atoms with Crippen molar-refractivity contribution in [3.8, 4) is 11.5 Å². The normalized spacial score (nSPS) is 45.0. The summed E-state index contributed by atoms with van der Waals surface area (Å²) in [5.41, 5.74) is 0.547. The average molecular weight is 741 g/mol. The minimum Gasteiger partial charge on any atom is -0.504 e. The zero-order valence-corrected chi connectivity index (χ0v) is 32.2. The lowest BCUT2D eigenvalue weighted by Gasteiger charge is -2.64. The Morgan fingerprint density at radius 2 is 1.39 bits per heavy atom. The van der Waals surface area contributed by atoms with Crippen molar-refractivity contribution >= 4 is 17.3 Å². The molecule has 10 nitrogen and oxygen atoms in total. The predicted octanol–water partition coefficient (Wildman–Crippen LogP) is 4.00. The molecule has 0 amide bonds. The van der Waals surface area contributed by atoms with Crippen LogP contribution in [0.25, 0.3) is 0 Å². The van der Waals surface area contributed by atoms with Crippen LogP contribution in [0.5, 0.6) is 11.5 Å². The van der Waals surface area contributed by atoms with Gasteiger partial charge in [0.15, 0.2) is 41.0 Å². The maximum Gasteiger partial charge on any atom is 0.220 e. The number of benzene rings is 1. The first-order valence-corrected chi connectivity index (χ1v) is 19.8. The fraction of sp³-hybridized carbons (Fsp3) is 0.614. The number of aliphatic hydroxyl groups is 2. The molecule has 1 aromatic carbocycles. The second kappa shape index (κ2) is 11.2. The molecule has 4 heterocycles. The fourth-order valence-corrected chi connectivity index (χ4v) is 13.6. The number of hydrogen-bond acceptors (Lipinski definition) is 8. The number of piperidine rings is 2. The molecule has 10 atom stereocenters. The van der Waals surface area contributed by atoms with Gasteiger partial charge in [0.2, 0.25) is 5.78 Å². The number of carbonyl (C=O) groups is 3. The number of nitrogens with zero attached hydrogens (tertiary/aromatic N) is 2. The molecule has 4 bridgehead atoms. The average Bonchev–Trinajstić information content (AvgIpc) is 4.03. The van der Waals surface area contributed by atoms with Crippen molar-refractivity contribution in [2.24, 2.45) is 17.3 Å². The van der Waals surface area contributed by atoms with Gasteiger partial charge in [-0.3, -0.25) is 14.4 Å². The number of Topliss-reactive ketones (excluding diaryl/α,β-unsaturated/α-hetero) is 2. The summed E-state index contributed by atoms with van der Waals surface area (Å²) in [7, 11) is 4.57. The number of ether oxygens (including phenoxy) is 2. The molecule has 12 rings (SSSR count). The number of rotatable bonds is 4. The van der Waals surface area contributed by atoms with Crippen molar-refractivity contribution in [2.75, 3.05) is 40.3 Å². The Balaban J connectivity index is 0.000000137. The third kappa shape index (κ3) is 4.18. The lowest BCUT2D eigenvalue weighted by molar-refractivity contribution is -0.950. The third-order valence-corrected chi connectivity index (χ3v) is 16.3. The fourth-order valence-electron chi connectivity index (χ4n) is 13.6. The van der Waals surface area contributed by atoms with Crippen LogP contribution < -0.4 is 4.74 Å². The Morgan fingerprint density at radius 1 is 0.778 bits per heavy atom. The Morgan fingerprint density at radius 3 is 2.07 bits per heavy atom. The van der Waals surface area contributed by atoms with Crippen molar-refractivity contribution in [3.05, 3.63) is 73.2 Å². The van der Waals surface area contributed by atoms with Crippen molar-refractivity contribution in [1.29, 1.82) is 0 Å². The summed E-state index contributed by atoms with van der Waals surface area (Å²) in [6.07, 6.45) is 13.4.